The van der Waals surface area contributed by atoms with Crippen LogP contribution in [0, 0.1) is 12.7 Å². The molecule has 168 valence electrons. The van der Waals surface area contributed by atoms with E-state index in [0.29, 0.717) is 26.8 Å². The van der Waals surface area contributed by atoms with E-state index >= 15 is 0 Å². The summed E-state index contributed by atoms with van der Waals surface area (Å²) in [5.74, 6) is -0.506. The SMILES string of the molecule is Cc1c(Cl)cccc1-n1c(SCC(=O)NC(C)c2ccc(F)cc2)nc2ccccc2c1=O. The van der Waals surface area contributed by atoms with Crippen molar-refractivity contribution < 1.29 is 9.18 Å². The van der Waals surface area contributed by atoms with Crippen LogP contribution >= 0.6 is 23.4 Å². The van der Waals surface area contributed by atoms with E-state index in [1.165, 1.54) is 28.5 Å². The highest BCUT2D eigenvalue weighted by Crippen LogP contribution is 2.26. The van der Waals surface area contributed by atoms with E-state index < -0.39 is 0 Å². The third-order valence-corrected chi connectivity index (χ3v) is 6.65. The van der Waals surface area contributed by atoms with Crippen molar-refractivity contribution in [1.29, 1.82) is 0 Å². The lowest BCUT2D eigenvalue weighted by atomic mass is 10.1. The van der Waals surface area contributed by atoms with E-state index in [4.69, 9.17) is 11.6 Å². The number of fused-ring (bicyclic) bond motifs is 1. The number of para-hydroxylation sites is 1. The van der Waals surface area contributed by atoms with E-state index in [1.807, 2.05) is 19.9 Å². The minimum atomic E-state index is -0.329. The van der Waals surface area contributed by atoms with Crippen LogP contribution in [0.2, 0.25) is 5.02 Å². The number of rotatable bonds is 6. The predicted molar refractivity (Wildman–Crippen MR) is 131 cm³/mol. The van der Waals surface area contributed by atoms with Crippen molar-refractivity contribution in [3.05, 3.63) is 99.1 Å². The van der Waals surface area contributed by atoms with Crippen LogP contribution in [0.15, 0.2) is 76.7 Å². The number of benzene rings is 3. The first-order valence-corrected chi connectivity index (χ1v) is 11.7. The molecule has 1 aromatic heterocycles. The summed E-state index contributed by atoms with van der Waals surface area (Å²) in [6.45, 7) is 3.67. The van der Waals surface area contributed by atoms with Gasteiger partial charge in [-0.25, -0.2) is 9.37 Å². The molecule has 0 spiro atoms. The number of nitrogens with one attached hydrogen (secondary N) is 1. The number of thioether (sulfide) groups is 1. The van der Waals surface area contributed by atoms with Crippen LogP contribution in [-0.4, -0.2) is 21.2 Å². The quantitative estimate of drug-likeness (QED) is 0.293. The number of carbonyl (C=O) groups excluding carboxylic acids is 1. The Kier molecular flexibility index (Phi) is 6.81. The molecular weight excluding hydrogens is 461 g/mol. The van der Waals surface area contributed by atoms with E-state index in [0.717, 1.165) is 11.1 Å². The Labute approximate surface area is 199 Å². The number of nitrogens with zero attached hydrogens (tertiary/aromatic N) is 2. The number of carbonyl (C=O) groups is 1. The van der Waals surface area contributed by atoms with Gasteiger partial charge in [0.1, 0.15) is 5.82 Å². The molecule has 0 fully saturated rings. The molecule has 1 N–H and O–H groups in total. The second kappa shape index (κ2) is 9.77. The summed E-state index contributed by atoms with van der Waals surface area (Å²) in [5, 5.41) is 4.31. The van der Waals surface area contributed by atoms with Crippen molar-refractivity contribution in [1.82, 2.24) is 14.9 Å². The Hall–Kier alpha value is -3.16. The first kappa shape index (κ1) is 23.0. The van der Waals surface area contributed by atoms with Gasteiger partial charge in [0.05, 0.1) is 28.4 Å². The molecule has 8 heteroatoms. The lowest BCUT2D eigenvalue weighted by molar-refractivity contribution is -0.119. The van der Waals surface area contributed by atoms with Gasteiger partial charge in [-0.2, -0.15) is 0 Å². The standard InChI is InChI=1S/C25H21ClFN3O2S/c1-15-20(26)7-5-9-22(15)30-24(32)19-6-3-4-8-21(19)29-25(30)33-14-23(31)28-16(2)17-10-12-18(27)13-11-17/h3-13,16H,14H2,1-2H3,(H,28,31). The predicted octanol–water partition coefficient (Wildman–Crippen LogP) is 5.46. The van der Waals surface area contributed by atoms with Gasteiger partial charge in [-0.1, -0.05) is 53.7 Å². The van der Waals surface area contributed by atoms with Crippen LogP contribution in [0.25, 0.3) is 16.6 Å². The smallest absolute Gasteiger partial charge is 0.266 e. The Morgan fingerprint density at radius 1 is 1.12 bits per heavy atom. The average molecular weight is 482 g/mol. The van der Waals surface area contributed by atoms with Crippen molar-refractivity contribution in [2.45, 2.75) is 25.0 Å². The van der Waals surface area contributed by atoms with Gasteiger partial charge >= 0.3 is 0 Å². The van der Waals surface area contributed by atoms with Gasteiger partial charge in [-0.05, 0) is 61.4 Å². The number of hydrogen-bond donors (Lipinski definition) is 1. The second-order valence-corrected chi connectivity index (χ2v) is 8.92. The number of halogens is 2. The summed E-state index contributed by atoms with van der Waals surface area (Å²) in [4.78, 5) is 30.7. The number of aromatic nitrogens is 2. The fourth-order valence-electron chi connectivity index (χ4n) is 3.51. The zero-order valence-electron chi connectivity index (χ0n) is 18.0. The fraction of sp³-hybridized carbons (Fsp3) is 0.160. The summed E-state index contributed by atoms with van der Waals surface area (Å²) in [7, 11) is 0. The Morgan fingerprint density at radius 3 is 2.61 bits per heavy atom. The van der Waals surface area contributed by atoms with Crippen molar-refractivity contribution in [2.24, 2.45) is 0 Å². The molecule has 1 heterocycles. The van der Waals surface area contributed by atoms with Gasteiger partial charge in [0.25, 0.3) is 5.56 Å². The van der Waals surface area contributed by atoms with Crippen molar-refractivity contribution in [2.75, 3.05) is 5.75 Å². The Balaban J connectivity index is 1.64. The zero-order valence-corrected chi connectivity index (χ0v) is 19.6. The number of hydrogen-bond acceptors (Lipinski definition) is 4. The van der Waals surface area contributed by atoms with Gasteiger partial charge in [0, 0.05) is 5.02 Å². The molecule has 33 heavy (non-hydrogen) atoms. The van der Waals surface area contributed by atoms with Crippen molar-refractivity contribution in [3.63, 3.8) is 0 Å². The molecule has 5 nitrogen and oxygen atoms in total. The summed E-state index contributed by atoms with van der Waals surface area (Å²) in [6.07, 6.45) is 0. The largest absolute Gasteiger partial charge is 0.349 e. The molecule has 3 aromatic carbocycles. The van der Waals surface area contributed by atoms with Gasteiger partial charge in [-0.3, -0.25) is 14.2 Å². The monoisotopic (exact) mass is 481 g/mol. The second-order valence-electron chi connectivity index (χ2n) is 7.57. The molecule has 1 atom stereocenters. The first-order chi connectivity index (χ1) is 15.8. The minimum absolute atomic E-state index is 0.0515. The summed E-state index contributed by atoms with van der Waals surface area (Å²) in [5.41, 5.74) is 2.49. The maximum absolute atomic E-state index is 13.4. The lowest BCUT2D eigenvalue weighted by Crippen LogP contribution is -2.29. The van der Waals surface area contributed by atoms with Crippen LogP contribution in [0.4, 0.5) is 4.39 Å². The highest BCUT2D eigenvalue weighted by Gasteiger charge is 2.18. The maximum atomic E-state index is 13.4. The average Bonchev–Trinajstić information content (AvgIpc) is 2.80. The van der Waals surface area contributed by atoms with Crippen LogP contribution < -0.4 is 10.9 Å². The molecule has 1 amide bonds. The van der Waals surface area contributed by atoms with Crippen molar-refractivity contribution in [3.8, 4) is 5.69 Å². The normalized spacial score (nSPS) is 12.0. The van der Waals surface area contributed by atoms with Gasteiger partial charge in [0.15, 0.2) is 5.16 Å². The van der Waals surface area contributed by atoms with Crippen LogP contribution in [0.5, 0.6) is 0 Å². The molecule has 0 saturated carbocycles. The molecule has 0 aliphatic heterocycles. The van der Waals surface area contributed by atoms with E-state index in [2.05, 4.69) is 10.3 Å². The molecule has 0 aliphatic carbocycles. The van der Waals surface area contributed by atoms with E-state index in [9.17, 15) is 14.0 Å². The third-order valence-electron chi connectivity index (χ3n) is 5.30. The molecule has 4 rings (SSSR count). The van der Waals surface area contributed by atoms with Crippen LogP contribution in [0.3, 0.4) is 0 Å². The van der Waals surface area contributed by atoms with Crippen LogP contribution in [0.1, 0.15) is 24.1 Å². The highest BCUT2D eigenvalue weighted by atomic mass is 35.5. The van der Waals surface area contributed by atoms with Crippen LogP contribution in [-0.2, 0) is 4.79 Å². The summed E-state index contributed by atoms with van der Waals surface area (Å²) >= 11 is 7.48. The fourth-order valence-corrected chi connectivity index (χ4v) is 4.49. The molecule has 4 aromatic rings. The summed E-state index contributed by atoms with van der Waals surface area (Å²) < 4.78 is 14.7. The topological polar surface area (TPSA) is 64.0 Å². The maximum Gasteiger partial charge on any atom is 0.266 e. The van der Waals surface area contributed by atoms with Gasteiger partial charge < -0.3 is 5.32 Å². The highest BCUT2D eigenvalue weighted by molar-refractivity contribution is 7.99. The van der Waals surface area contributed by atoms with Crippen molar-refractivity contribution >= 4 is 40.2 Å². The molecule has 1 unspecified atom stereocenters. The molecule has 0 aliphatic rings. The molecule has 0 bridgehead atoms. The van der Waals surface area contributed by atoms with Gasteiger partial charge in [-0.15, -0.1) is 0 Å². The molecule has 0 saturated heterocycles. The molecular formula is C25H21ClFN3O2S. The molecule has 0 radical (unpaired) electrons. The van der Waals surface area contributed by atoms with Gasteiger partial charge in [0.2, 0.25) is 5.91 Å². The minimum Gasteiger partial charge on any atom is -0.349 e. The van der Waals surface area contributed by atoms with E-state index in [-0.39, 0.29) is 29.1 Å². The third kappa shape index (κ3) is 4.94. The first-order valence-electron chi connectivity index (χ1n) is 10.3. The summed E-state index contributed by atoms with van der Waals surface area (Å²) in [6, 6.07) is 18.1. The lowest BCUT2D eigenvalue weighted by Gasteiger charge is -2.17. The number of amides is 1. The zero-order chi connectivity index (χ0) is 23.5. The Morgan fingerprint density at radius 2 is 1.85 bits per heavy atom. The Bertz CT molecular complexity index is 1390. The van der Waals surface area contributed by atoms with E-state index in [1.54, 1.807) is 48.5 Å².